The fourth-order valence-electron chi connectivity index (χ4n) is 2.64. The fraction of sp³-hybridized carbons (Fsp3) is 0.158. The summed E-state index contributed by atoms with van der Waals surface area (Å²) in [5.41, 5.74) is 3.51. The normalized spacial score (nSPS) is 19.5. The Morgan fingerprint density at radius 3 is 2.79 bits per heavy atom. The maximum absolute atomic E-state index is 12.3. The lowest BCUT2D eigenvalue weighted by atomic mass is 10.0. The zero-order chi connectivity index (χ0) is 16.5. The van der Waals surface area contributed by atoms with Gasteiger partial charge in [0.2, 0.25) is 0 Å². The molecular formula is C19H14N2O3. The molecule has 1 N–H and O–H groups in total. The number of ether oxygens (including phenoxy) is 2. The highest BCUT2D eigenvalue weighted by atomic mass is 16.6. The molecule has 2 aromatic carbocycles. The number of nitriles is 1. The van der Waals surface area contributed by atoms with E-state index < -0.39 is 0 Å². The highest BCUT2D eigenvalue weighted by Gasteiger charge is 2.29. The molecule has 0 saturated carbocycles. The van der Waals surface area contributed by atoms with E-state index in [1.807, 2.05) is 36.4 Å². The van der Waals surface area contributed by atoms with Crippen molar-refractivity contribution in [1.29, 1.82) is 5.26 Å². The van der Waals surface area contributed by atoms with Crippen LogP contribution in [0.1, 0.15) is 16.7 Å². The summed E-state index contributed by atoms with van der Waals surface area (Å²) >= 11 is 0. The number of fused-ring (bicyclic) bond motifs is 1. The average Bonchev–Trinajstić information content (AvgIpc) is 3.38. The number of rotatable bonds is 4. The molecule has 2 aromatic rings. The van der Waals surface area contributed by atoms with Crippen molar-refractivity contribution in [3.63, 3.8) is 0 Å². The van der Waals surface area contributed by atoms with Gasteiger partial charge in [-0.3, -0.25) is 4.79 Å². The third-order valence-electron chi connectivity index (χ3n) is 3.97. The standard InChI is InChI=1S/C19H14N2O3/c20-9-13-6-4-12(5-7-13)8-15-18-16(21-19(15)22)2-1-3-17(18)24-11-14-10-23-14/h1-8,14H,10-11H2,(H,21,22). The van der Waals surface area contributed by atoms with E-state index in [0.29, 0.717) is 23.5 Å². The van der Waals surface area contributed by atoms with E-state index in [2.05, 4.69) is 11.4 Å². The first-order valence-electron chi connectivity index (χ1n) is 7.65. The van der Waals surface area contributed by atoms with Crippen LogP contribution in [-0.4, -0.2) is 25.2 Å². The number of hydrogen-bond acceptors (Lipinski definition) is 4. The molecule has 0 aliphatic carbocycles. The van der Waals surface area contributed by atoms with Crippen LogP contribution in [0.3, 0.4) is 0 Å². The van der Waals surface area contributed by atoms with Crippen molar-refractivity contribution in [3.8, 4) is 11.8 Å². The third-order valence-corrected chi connectivity index (χ3v) is 3.97. The fourth-order valence-corrected chi connectivity index (χ4v) is 2.64. The van der Waals surface area contributed by atoms with E-state index in [9.17, 15) is 4.79 Å². The van der Waals surface area contributed by atoms with Crippen molar-refractivity contribution in [2.45, 2.75) is 6.10 Å². The molecule has 0 radical (unpaired) electrons. The second-order valence-electron chi connectivity index (χ2n) is 5.69. The first-order chi connectivity index (χ1) is 11.7. The van der Waals surface area contributed by atoms with Crippen LogP contribution in [0.4, 0.5) is 5.69 Å². The lowest BCUT2D eigenvalue weighted by Crippen LogP contribution is -2.05. The van der Waals surface area contributed by atoms with Gasteiger partial charge in [-0.25, -0.2) is 0 Å². The summed E-state index contributed by atoms with van der Waals surface area (Å²) in [4.78, 5) is 12.3. The minimum Gasteiger partial charge on any atom is -0.490 e. The van der Waals surface area contributed by atoms with E-state index in [1.165, 1.54) is 0 Å². The highest BCUT2D eigenvalue weighted by Crippen LogP contribution is 2.40. The second kappa shape index (κ2) is 5.84. The van der Waals surface area contributed by atoms with Gasteiger partial charge in [0.1, 0.15) is 18.5 Å². The molecule has 1 saturated heterocycles. The van der Waals surface area contributed by atoms with Gasteiger partial charge in [0.05, 0.1) is 35.1 Å². The number of nitrogens with zero attached hydrogens (tertiary/aromatic N) is 1. The largest absolute Gasteiger partial charge is 0.490 e. The maximum Gasteiger partial charge on any atom is 0.256 e. The highest BCUT2D eigenvalue weighted by molar-refractivity contribution is 6.35. The average molecular weight is 318 g/mol. The molecule has 24 heavy (non-hydrogen) atoms. The molecule has 0 spiro atoms. The van der Waals surface area contributed by atoms with Crippen molar-refractivity contribution < 1.29 is 14.3 Å². The van der Waals surface area contributed by atoms with E-state index in [4.69, 9.17) is 14.7 Å². The third kappa shape index (κ3) is 2.75. The zero-order valence-corrected chi connectivity index (χ0v) is 12.8. The van der Waals surface area contributed by atoms with Crippen molar-refractivity contribution in [2.24, 2.45) is 0 Å². The summed E-state index contributed by atoms with van der Waals surface area (Å²) in [5.74, 6) is 0.509. The van der Waals surface area contributed by atoms with Gasteiger partial charge < -0.3 is 14.8 Å². The zero-order valence-electron chi connectivity index (χ0n) is 12.8. The number of anilines is 1. The number of carbonyl (C=O) groups excluding carboxylic acids is 1. The molecule has 1 fully saturated rings. The molecule has 4 rings (SSSR count). The number of benzene rings is 2. The van der Waals surface area contributed by atoms with Gasteiger partial charge in [-0.2, -0.15) is 5.26 Å². The molecule has 0 bridgehead atoms. The molecule has 1 amide bonds. The van der Waals surface area contributed by atoms with Gasteiger partial charge in [0, 0.05) is 0 Å². The number of amides is 1. The van der Waals surface area contributed by atoms with Crippen molar-refractivity contribution in [2.75, 3.05) is 18.5 Å². The first kappa shape index (κ1) is 14.5. The predicted molar refractivity (Wildman–Crippen MR) is 89.3 cm³/mol. The molecule has 2 aliphatic heterocycles. The number of nitrogens with one attached hydrogen (secondary N) is 1. The Bertz CT molecular complexity index is 874. The summed E-state index contributed by atoms with van der Waals surface area (Å²) < 4.78 is 11.0. The first-order valence-corrected chi connectivity index (χ1v) is 7.65. The minimum atomic E-state index is -0.159. The van der Waals surface area contributed by atoms with Gasteiger partial charge in [-0.15, -0.1) is 0 Å². The lowest BCUT2D eigenvalue weighted by Gasteiger charge is -2.09. The number of carbonyl (C=O) groups is 1. The van der Waals surface area contributed by atoms with Gasteiger partial charge >= 0.3 is 0 Å². The Labute approximate surface area is 139 Å². The van der Waals surface area contributed by atoms with Gasteiger partial charge in [0.15, 0.2) is 0 Å². The van der Waals surface area contributed by atoms with E-state index in [-0.39, 0.29) is 12.0 Å². The Hall–Kier alpha value is -3.10. The summed E-state index contributed by atoms with van der Waals surface area (Å²) in [6.07, 6.45) is 1.96. The summed E-state index contributed by atoms with van der Waals surface area (Å²) in [5, 5.41) is 11.7. The Morgan fingerprint density at radius 1 is 1.29 bits per heavy atom. The van der Waals surface area contributed by atoms with E-state index >= 15 is 0 Å². The lowest BCUT2D eigenvalue weighted by molar-refractivity contribution is -0.110. The molecule has 1 unspecified atom stereocenters. The minimum absolute atomic E-state index is 0.150. The van der Waals surface area contributed by atoms with Crippen LogP contribution in [-0.2, 0) is 9.53 Å². The van der Waals surface area contributed by atoms with Crippen LogP contribution >= 0.6 is 0 Å². The molecule has 5 nitrogen and oxygen atoms in total. The molecule has 1 atom stereocenters. The van der Waals surface area contributed by atoms with Crippen molar-refractivity contribution >= 4 is 23.2 Å². The SMILES string of the molecule is N#Cc1ccc(C=C2C(=O)Nc3cccc(OCC4CO4)c32)cc1. The number of hydrogen-bond donors (Lipinski definition) is 1. The molecule has 118 valence electrons. The predicted octanol–water partition coefficient (Wildman–Crippen LogP) is 2.83. The topological polar surface area (TPSA) is 74.7 Å². The van der Waals surface area contributed by atoms with Crippen LogP contribution < -0.4 is 10.1 Å². The van der Waals surface area contributed by atoms with Gasteiger partial charge in [-0.05, 0) is 35.9 Å². The molecule has 0 aromatic heterocycles. The maximum atomic E-state index is 12.3. The molecule has 5 heteroatoms. The van der Waals surface area contributed by atoms with Crippen LogP contribution in [0.2, 0.25) is 0 Å². The molecule has 2 heterocycles. The van der Waals surface area contributed by atoms with Crippen LogP contribution in [0.25, 0.3) is 11.6 Å². The molecule has 2 aliphatic rings. The number of epoxide rings is 1. The Balaban J connectivity index is 1.70. The summed E-state index contributed by atoms with van der Waals surface area (Å²) in [6.45, 7) is 1.20. The molecular weight excluding hydrogens is 304 g/mol. The van der Waals surface area contributed by atoms with Crippen molar-refractivity contribution in [1.82, 2.24) is 0 Å². The monoisotopic (exact) mass is 318 g/mol. The summed E-state index contributed by atoms with van der Waals surface area (Å²) in [6, 6.07) is 14.7. The van der Waals surface area contributed by atoms with Crippen LogP contribution in [0.5, 0.6) is 5.75 Å². The van der Waals surface area contributed by atoms with Crippen LogP contribution in [0, 0.1) is 11.3 Å². The van der Waals surface area contributed by atoms with Gasteiger partial charge in [-0.1, -0.05) is 18.2 Å². The second-order valence-corrected chi connectivity index (χ2v) is 5.69. The van der Waals surface area contributed by atoms with Gasteiger partial charge in [0.25, 0.3) is 5.91 Å². The summed E-state index contributed by atoms with van der Waals surface area (Å²) in [7, 11) is 0. The van der Waals surface area contributed by atoms with E-state index in [0.717, 1.165) is 23.4 Å². The Morgan fingerprint density at radius 2 is 2.08 bits per heavy atom. The van der Waals surface area contributed by atoms with Crippen LogP contribution in [0.15, 0.2) is 42.5 Å². The van der Waals surface area contributed by atoms with E-state index in [1.54, 1.807) is 12.1 Å². The quantitative estimate of drug-likeness (QED) is 0.695. The van der Waals surface area contributed by atoms with Crippen molar-refractivity contribution in [3.05, 3.63) is 59.2 Å². The Kier molecular flexibility index (Phi) is 3.52. The smallest absolute Gasteiger partial charge is 0.256 e.